The Hall–Kier alpha value is -3.14. The molecule has 1 amide bonds. The third-order valence-electron chi connectivity index (χ3n) is 6.92. The van der Waals surface area contributed by atoms with Gasteiger partial charge in [0.15, 0.2) is 5.78 Å². The number of carbonyl (C=O) groups is 2. The van der Waals surface area contributed by atoms with Crippen LogP contribution in [0.2, 0.25) is 10.0 Å². The fraction of sp³-hybridized carbons (Fsp3) is 0.367. The number of nitrogens with one attached hydrogen (secondary N) is 1. The summed E-state index contributed by atoms with van der Waals surface area (Å²) in [6, 6.07) is 12.9. The van der Waals surface area contributed by atoms with Crippen LogP contribution in [0.25, 0.3) is 0 Å². The zero-order valence-corrected chi connectivity index (χ0v) is 25.3. The van der Waals surface area contributed by atoms with Gasteiger partial charge in [0, 0.05) is 19.0 Å². The monoisotopic (exact) mass is 615 g/mol. The fourth-order valence-corrected chi connectivity index (χ4v) is 7.09. The predicted molar refractivity (Wildman–Crippen MR) is 159 cm³/mol. The SMILES string of the molecule is CC(C)(C)OC(=O)NC1Cc2ncc(CC(=O)c3c(Cl)cccc3Cl)cc2N(S(=O)(=O)c2cccc(C3CC3)c2)C1. The maximum absolute atomic E-state index is 14.1. The minimum atomic E-state index is -4.04. The summed E-state index contributed by atoms with van der Waals surface area (Å²) < 4.78 is 34.9. The van der Waals surface area contributed by atoms with E-state index in [0.29, 0.717) is 22.9 Å². The molecule has 0 spiro atoms. The van der Waals surface area contributed by atoms with Crippen molar-refractivity contribution < 1.29 is 22.7 Å². The van der Waals surface area contributed by atoms with E-state index in [4.69, 9.17) is 27.9 Å². The molecular formula is C30H31Cl2N3O5S. The first-order valence-electron chi connectivity index (χ1n) is 13.4. The number of ether oxygens (including phenoxy) is 1. The lowest BCUT2D eigenvalue weighted by molar-refractivity contribution is 0.0505. The van der Waals surface area contributed by atoms with Gasteiger partial charge in [-0.25, -0.2) is 13.2 Å². The smallest absolute Gasteiger partial charge is 0.407 e. The summed E-state index contributed by atoms with van der Waals surface area (Å²) in [5.74, 6) is 0.0606. The average Bonchev–Trinajstić information content (AvgIpc) is 3.73. The van der Waals surface area contributed by atoms with E-state index in [2.05, 4.69) is 10.3 Å². The molecule has 2 aromatic carbocycles. The number of Topliss-reactive ketones (excluding diaryl/α,β-unsaturated/α-hetero) is 1. The Balaban J connectivity index is 1.50. The van der Waals surface area contributed by atoms with Crippen molar-refractivity contribution >= 4 is 50.8 Å². The van der Waals surface area contributed by atoms with Crippen LogP contribution in [0.15, 0.2) is 59.6 Å². The van der Waals surface area contributed by atoms with Crippen LogP contribution in [-0.4, -0.2) is 43.5 Å². The maximum atomic E-state index is 14.1. The van der Waals surface area contributed by atoms with Crippen LogP contribution in [0.4, 0.5) is 10.5 Å². The number of carbonyl (C=O) groups excluding carboxylic acids is 2. The number of ketones is 1. The quantitative estimate of drug-likeness (QED) is 0.311. The number of pyridine rings is 1. The van der Waals surface area contributed by atoms with E-state index in [-0.39, 0.29) is 45.7 Å². The minimum absolute atomic E-state index is 0.0301. The van der Waals surface area contributed by atoms with Gasteiger partial charge in [0.05, 0.1) is 44.5 Å². The van der Waals surface area contributed by atoms with Crippen molar-refractivity contribution in [2.24, 2.45) is 0 Å². The molecule has 2 heterocycles. The Bertz CT molecular complexity index is 1600. The molecule has 1 aromatic heterocycles. The van der Waals surface area contributed by atoms with Gasteiger partial charge in [-0.15, -0.1) is 0 Å². The summed E-state index contributed by atoms with van der Waals surface area (Å²) in [7, 11) is -4.04. The molecule has 3 aromatic rings. The lowest BCUT2D eigenvalue weighted by atomic mass is 10.0. The molecule has 5 rings (SSSR count). The van der Waals surface area contributed by atoms with Gasteiger partial charge < -0.3 is 10.1 Å². The molecule has 1 unspecified atom stereocenters. The zero-order chi connectivity index (χ0) is 29.5. The number of hydrogen-bond acceptors (Lipinski definition) is 6. The fourth-order valence-electron chi connectivity index (χ4n) is 4.90. The number of benzene rings is 2. The highest BCUT2D eigenvalue weighted by atomic mass is 35.5. The van der Waals surface area contributed by atoms with E-state index < -0.39 is 27.8 Å². The lowest BCUT2D eigenvalue weighted by Crippen LogP contribution is -2.51. The molecule has 0 radical (unpaired) electrons. The second kappa shape index (κ2) is 11.3. The number of fused-ring (bicyclic) bond motifs is 1. The van der Waals surface area contributed by atoms with Gasteiger partial charge in [-0.05, 0) is 81.0 Å². The van der Waals surface area contributed by atoms with Gasteiger partial charge in [-0.1, -0.05) is 41.4 Å². The first-order valence-corrected chi connectivity index (χ1v) is 15.6. The summed E-state index contributed by atoms with van der Waals surface area (Å²) >= 11 is 12.5. The van der Waals surface area contributed by atoms with Crippen molar-refractivity contribution in [2.45, 2.75) is 68.9 Å². The number of halogens is 2. The second-order valence-corrected chi connectivity index (χ2v) is 14.1. The molecule has 0 saturated heterocycles. The molecular weight excluding hydrogens is 585 g/mol. The molecule has 1 aliphatic carbocycles. The van der Waals surface area contributed by atoms with E-state index in [9.17, 15) is 18.0 Å². The molecule has 41 heavy (non-hydrogen) atoms. The van der Waals surface area contributed by atoms with Gasteiger partial charge in [0.2, 0.25) is 0 Å². The maximum Gasteiger partial charge on any atom is 0.407 e. The highest BCUT2D eigenvalue weighted by molar-refractivity contribution is 7.92. The van der Waals surface area contributed by atoms with Crippen molar-refractivity contribution in [1.29, 1.82) is 0 Å². The number of anilines is 1. The number of hydrogen-bond donors (Lipinski definition) is 1. The van der Waals surface area contributed by atoms with Crippen molar-refractivity contribution in [3.63, 3.8) is 0 Å². The summed E-state index contributed by atoms with van der Waals surface area (Å²) in [6.45, 7) is 5.24. The molecule has 11 heteroatoms. The molecule has 216 valence electrons. The van der Waals surface area contributed by atoms with E-state index in [1.807, 2.05) is 6.07 Å². The number of amides is 1. The van der Waals surface area contributed by atoms with Crippen molar-refractivity contribution in [3.05, 3.63) is 87.2 Å². The van der Waals surface area contributed by atoms with E-state index in [0.717, 1.165) is 18.4 Å². The number of alkyl carbamates (subject to hydrolysis) is 1. The topological polar surface area (TPSA) is 106 Å². The summed E-state index contributed by atoms with van der Waals surface area (Å²) in [6.07, 6.45) is 3.18. The normalized spacial score (nSPS) is 17.1. The van der Waals surface area contributed by atoms with Crippen LogP contribution < -0.4 is 9.62 Å². The lowest BCUT2D eigenvalue weighted by Gasteiger charge is -2.35. The first kappa shape index (κ1) is 29.4. The van der Waals surface area contributed by atoms with Crippen LogP contribution in [0.5, 0.6) is 0 Å². The summed E-state index contributed by atoms with van der Waals surface area (Å²) in [5.41, 5.74) is 1.83. The largest absolute Gasteiger partial charge is 0.444 e. The molecule has 1 atom stereocenters. The first-order chi connectivity index (χ1) is 19.3. The van der Waals surface area contributed by atoms with Gasteiger partial charge in [-0.2, -0.15) is 0 Å². The average molecular weight is 617 g/mol. The number of nitrogens with zero attached hydrogens (tertiary/aromatic N) is 2. The van der Waals surface area contributed by atoms with Crippen LogP contribution in [0, 0.1) is 0 Å². The Morgan fingerprint density at radius 1 is 1.07 bits per heavy atom. The molecule has 1 saturated carbocycles. The Labute approximate surface area is 250 Å². The minimum Gasteiger partial charge on any atom is -0.444 e. The molecule has 1 N–H and O–H groups in total. The molecule has 1 fully saturated rings. The third kappa shape index (κ3) is 6.68. The molecule has 0 bridgehead atoms. The third-order valence-corrected chi connectivity index (χ3v) is 9.33. The molecule has 8 nitrogen and oxygen atoms in total. The van der Waals surface area contributed by atoms with Crippen molar-refractivity contribution in [1.82, 2.24) is 10.3 Å². The zero-order valence-electron chi connectivity index (χ0n) is 23.0. The summed E-state index contributed by atoms with van der Waals surface area (Å²) in [4.78, 5) is 30.4. The van der Waals surface area contributed by atoms with Gasteiger partial charge in [0.1, 0.15) is 5.60 Å². The van der Waals surface area contributed by atoms with Gasteiger partial charge in [0.25, 0.3) is 10.0 Å². The number of rotatable bonds is 7. The van der Waals surface area contributed by atoms with Gasteiger partial charge in [-0.3, -0.25) is 14.1 Å². The van der Waals surface area contributed by atoms with Crippen LogP contribution in [-0.2, 0) is 27.6 Å². The van der Waals surface area contributed by atoms with Crippen molar-refractivity contribution in [2.75, 3.05) is 10.8 Å². The Morgan fingerprint density at radius 2 is 1.76 bits per heavy atom. The second-order valence-electron chi connectivity index (χ2n) is 11.4. The van der Waals surface area contributed by atoms with E-state index in [1.165, 1.54) is 10.5 Å². The number of aromatic nitrogens is 1. The highest BCUT2D eigenvalue weighted by Crippen LogP contribution is 2.41. The van der Waals surface area contributed by atoms with Crippen LogP contribution in [0.1, 0.15) is 66.7 Å². The Kier molecular flexibility index (Phi) is 8.07. The predicted octanol–water partition coefficient (Wildman–Crippen LogP) is 6.34. The van der Waals surface area contributed by atoms with Gasteiger partial charge >= 0.3 is 6.09 Å². The van der Waals surface area contributed by atoms with Crippen molar-refractivity contribution in [3.8, 4) is 0 Å². The standard InChI is InChI=1S/C30H31Cl2N3O5S/c1-30(2,3)40-29(37)34-21-15-25-26(12-18(16-33-25)13-27(36)28-23(31)8-5-9-24(28)32)35(17-21)41(38,39)22-7-4-6-20(14-22)19-10-11-19/h4-9,12,14,16,19,21H,10-11,13,15,17H2,1-3H3,(H,34,37). The van der Waals surface area contributed by atoms with Crippen LogP contribution in [0.3, 0.4) is 0 Å². The summed E-state index contributed by atoms with van der Waals surface area (Å²) in [5, 5.41) is 3.28. The Morgan fingerprint density at radius 3 is 2.41 bits per heavy atom. The van der Waals surface area contributed by atoms with E-state index >= 15 is 0 Å². The van der Waals surface area contributed by atoms with Crippen LogP contribution >= 0.6 is 23.2 Å². The highest BCUT2D eigenvalue weighted by Gasteiger charge is 2.36. The molecule has 1 aliphatic heterocycles. The number of sulfonamides is 1. The molecule has 2 aliphatic rings. The van der Waals surface area contributed by atoms with E-state index in [1.54, 1.807) is 63.2 Å².